The number of hydrogen-bond donors (Lipinski definition) is 2. The van der Waals surface area contributed by atoms with Gasteiger partial charge < -0.3 is 5.32 Å². The van der Waals surface area contributed by atoms with Crippen molar-refractivity contribution in [1.29, 1.82) is 5.26 Å². The third-order valence-electron chi connectivity index (χ3n) is 4.30. The summed E-state index contributed by atoms with van der Waals surface area (Å²) in [5, 5.41) is 11.5. The van der Waals surface area contributed by atoms with Crippen molar-refractivity contribution in [2.24, 2.45) is 0 Å². The average Bonchev–Trinajstić information content (AvgIpc) is 2.71. The molecule has 0 aliphatic heterocycles. The molecule has 3 aromatic carbocycles. The first-order valence-corrected chi connectivity index (χ1v) is 10.8. The van der Waals surface area contributed by atoms with Gasteiger partial charge in [-0.05, 0) is 55.0 Å². The molecule has 0 heterocycles. The number of hydrogen-bond acceptors (Lipinski definition) is 4. The van der Waals surface area contributed by atoms with Gasteiger partial charge in [0.2, 0.25) is 0 Å². The number of benzene rings is 3. The fourth-order valence-electron chi connectivity index (χ4n) is 2.66. The maximum atomic E-state index is 12.5. The minimum atomic E-state index is -3.80. The number of halogens is 1. The van der Waals surface area contributed by atoms with Crippen LogP contribution in [0.5, 0.6) is 0 Å². The maximum Gasteiger partial charge on any atom is 0.261 e. The Morgan fingerprint density at radius 1 is 1.03 bits per heavy atom. The van der Waals surface area contributed by atoms with Crippen LogP contribution in [0, 0.1) is 18.3 Å². The number of anilines is 2. The molecule has 8 heteroatoms. The summed E-state index contributed by atoms with van der Waals surface area (Å²) in [6, 6.07) is 19.7. The molecule has 0 atom stereocenters. The SMILES string of the molecule is Cc1ccc(S(=O)(=O)Nc2ccc(C(=O)Nc3ccc(CC#N)cc3)cc2Cl)cc1. The van der Waals surface area contributed by atoms with Crippen molar-refractivity contribution in [3.05, 3.63) is 88.4 Å². The van der Waals surface area contributed by atoms with Crippen molar-refractivity contribution in [2.45, 2.75) is 18.2 Å². The van der Waals surface area contributed by atoms with Gasteiger partial charge in [-0.25, -0.2) is 8.42 Å². The highest BCUT2D eigenvalue weighted by molar-refractivity contribution is 7.92. The number of nitriles is 1. The summed E-state index contributed by atoms with van der Waals surface area (Å²) < 4.78 is 27.5. The summed E-state index contributed by atoms with van der Waals surface area (Å²) in [7, 11) is -3.80. The molecule has 6 nitrogen and oxygen atoms in total. The maximum absolute atomic E-state index is 12.5. The zero-order valence-corrected chi connectivity index (χ0v) is 17.6. The van der Waals surface area contributed by atoms with Crippen LogP contribution in [0.25, 0.3) is 0 Å². The van der Waals surface area contributed by atoms with Crippen LogP contribution in [0.1, 0.15) is 21.5 Å². The Hall–Kier alpha value is -3.34. The van der Waals surface area contributed by atoms with Crippen molar-refractivity contribution in [3.63, 3.8) is 0 Å². The van der Waals surface area contributed by atoms with Gasteiger partial charge in [-0.1, -0.05) is 41.4 Å². The predicted molar refractivity (Wildman–Crippen MR) is 117 cm³/mol. The van der Waals surface area contributed by atoms with Gasteiger partial charge in [-0.2, -0.15) is 5.26 Å². The van der Waals surface area contributed by atoms with E-state index in [1.165, 1.54) is 30.3 Å². The third-order valence-corrected chi connectivity index (χ3v) is 6.00. The zero-order valence-electron chi connectivity index (χ0n) is 16.0. The van der Waals surface area contributed by atoms with E-state index in [0.29, 0.717) is 12.1 Å². The molecule has 0 radical (unpaired) electrons. The lowest BCUT2D eigenvalue weighted by molar-refractivity contribution is 0.102. The number of nitrogens with one attached hydrogen (secondary N) is 2. The van der Waals surface area contributed by atoms with Crippen molar-refractivity contribution >= 4 is 38.9 Å². The molecular formula is C22H18ClN3O3S. The first-order chi connectivity index (χ1) is 14.3. The standard InChI is InChI=1S/C22H18ClN3O3S/c1-15-2-9-19(10-3-15)30(28,29)26-21-11-6-17(14-20(21)23)22(27)25-18-7-4-16(5-8-18)12-13-24/h2-11,14,26H,12H2,1H3,(H,25,27). The van der Waals surface area contributed by atoms with Crippen molar-refractivity contribution in [1.82, 2.24) is 0 Å². The highest BCUT2D eigenvalue weighted by Crippen LogP contribution is 2.26. The number of nitrogens with zero attached hydrogens (tertiary/aromatic N) is 1. The molecule has 3 aromatic rings. The summed E-state index contributed by atoms with van der Waals surface area (Å²) in [6.07, 6.45) is 0.295. The van der Waals surface area contributed by atoms with Gasteiger partial charge in [0.15, 0.2) is 0 Å². The van der Waals surface area contributed by atoms with Crippen molar-refractivity contribution in [2.75, 3.05) is 10.0 Å². The van der Waals surface area contributed by atoms with Gasteiger partial charge in [0, 0.05) is 11.3 Å². The van der Waals surface area contributed by atoms with Crippen LogP contribution in [0.15, 0.2) is 71.6 Å². The lowest BCUT2D eigenvalue weighted by Crippen LogP contribution is -2.15. The highest BCUT2D eigenvalue weighted by atomic mass is 35.5. The van der Waals surface area contributed by atoms with Crippen LogP contribution < -0.4 is 10.0 Å². The summed E-state index contributed by atoms with van der Waals surface area (Å²) in [5.74, 6) is -0.391. The molecule has 2 N–H and O–H groups in total. The molecule has 152 valence electrons. The van der Waals surface area contributed by atoms with Gasteiger partial charge in [0.25, 0.3) is 15.9 Å². The summed E-state index contributed by atoms with van der Waals surface area (Å²) in [5.41, 5.74) is 2.82. The van der Waals surface area contributed by atoms with E-state index in [1.54, 1.807) is 36.4 Å². The van der Waals surface area contributed by atoms with Gasteiger partial charge in [-0.3, -0.25) is 9.52 Å². The first-order valence-electron chi connectivity index (χ1n) is 8.95. The third kappa shape index (κ3) is 5.17. The molecular weight excluding hydrogens is 422 g/mol. The fourth-order valence-corrected chi connectivity index (χ4v) is 4.02. The van der Waals surface area contributed by atoms with Crippen LogP contribution in [-0.4, -0.2) is 14.3 Å². The number of carbonyl (C=O) groups excluding carboxylic acids is 1. The van der Waals surface area contributed by atoms with Gasteiger partial charge >= 0.3 is 0 Å². The Labute approximate surface area is 180 Å². The Morgan fingerprint density at radius 2 is 1.70 bits per heavy atom. The average molecular weight is 440 g/mol. The van der Waals surface area contributed by atoms with Crippen molar-refractivity contribution < 1.29 is 13.2 Å². The second kappa shape index (κ2) is 8.99. The molecule has 0 aliphatic carbocycles. The highest BCUT2D eigenvalue weighted by Gasteiger charge is 2.17. The normalized spacial score (nSPS) is 10.8. The summed E-state index contributed by atoms with van der Waals surface area (Å²) in [6.45, 7) is 1.87. The number of carbonyl (C=O) groups is 1. The lowest BCUT2D eigenvalue weighted by Gasteiger charge is -2.11. The van der Waals surface area contributed by atoms with E-state index >= 15 is 0 Å². The van der Waals surface area contributed by atoms with E-state index in [-0.39, 0.29) is 21.2 Å². The molecule has 0 saturated heterocycles. The second-order valence-corrected chi connectivity index (χ2v) is 8.69. The Morgan fingerprint density at radius 3 is 2.30 bits per heavy atom. The van der Waals surface area contributed by atoms with Crippen LogP contribution in [0.3, 0.4) is 0 Å². The van der Waals surface area contributed by atoms with Crippen LogP contribution in [-0.2, 0) is 16.4 Å². The Kier molecular flexibility index (Phi) is 6.40. The molecule has 0 spiro atoms. The number of sulfonamides is 1. The smallest absolute Gasteiger partial charge is 0.261 e. The van der Waals surface area contributed by atoms with E-state index in [9.17, 15) is 13.2 Å². The topological polar surface area (TPSA) is 99.1 Å². The van der Waals surface area contributed by atoms with Gasteiger partial charge in [-0.15, -0.1) is 0 Å². The molecule has 0 unspecified atom stereocenters. The Bertz CT molecular complexity index is 1220. The number of amides is 1. The molecule has 30 heavy (non-hydrogen) atoms. The molecule has 0 aliphatic rings. The van der Waals surface area contributed by atoms with E-state index in [1.807, 2.05) is 6.92 Å². The van der Waals surface area contributed by atoms with Crippen LogP contribution in [0.2, 0.25) is 5.02 Å². The fraction of sp³-hybridized carbons (Fsp3) is 0.0909. The second-order valence-electron chi connectivity index (χ2n) is 6.60. The van der Waals surface area contributed by atoms with E-state index in [0.717, 1.165) is 11.1 Å². The zero-order chi connectivity index (χ0) is 21.7. The van der Waals surface area contributed by atoms with E-state index in [4.69, 9.17) is 16.9 Å². The minimum absolute atomic E-state index is 0.0997. The van der Waals surface area contributed by atoms with Crippen molar-refractivity contribution in [3.8, 4) is 6.07 Å². The lowest BCUT2D eigenvalue weighted by atomic mass is 10.1. The molecule has 0 fully saturated rings. The monoisotopic (exact) mass is 439 g/mol. The van der Waals surface area contributed by atoms with Crippen LogP contribution >= 0.6 is 11.6 Å². The van der Waals surface area contributed by atoms with E-state index in [2.05, 4.69) is 16.1 Å². The van der Waals surface area contributed by atoms with E-state index < -0.39 is 15.9 Å². The van der Waals surface area contributed by atoms with Gasteiger partial charge in [0.05, 0.1) is 28.1 Å². The number of aryl methyl sites for hydroxylation is 1. The first kappa shape index (κ1) is 21.4. The number of rotatable bonds is 6. The largest absolute Gasteiger partial charge is 0.322 e. The molecule has 0 saturated carbocycles. The predicted octanol–water partition coefficient (Wildman–Crippen LogP) is 4.77. The molecule has 3 rings (SSSR count). The minimum Gasteiger partial charge on any atom is -0.322 e. The quantitative estimate of drug-likeness (QED) is 0.577. The van der Waals surface area contributed by atoms with Gasteiger partial charge in [0.1, 0.15) is 0 Å². The summed E-state index contributed by atoms with van der Waals surface area (Å²) >= 11 is 6.21. The Balaban J connectivity index is 1.73. The molecule has 1 amide bonds. The van der Waals surface area contributed by atoms with Crippen LogP contribution in [0.4, 0.5) is 11.4 Å². The molecule has 0 aromatic heterocycles. The summed E-state index contributed by atoms with van der Waals surface area (Å²) in [4.78, 5) is 12.6. The molecule has 0 bridgehead atoms.